The molecular formula is C20H21ClN4O2. The van der Waals surface area contributed by atoms with E-state index in [1.54, 1.807) is 44.4 Å². The Bertz CT molecular complexity index is 979. The highest BCUT2D eigenvalue weighted by molar-refractivity contribution is 6.31. The standard InChI is InChI=1S/C20H21ClN4O2/c1-25(2)20(27)18(9-12-3-6-15(22)7-4-12)24-19(26)17-11-13-10-14(21)5-8-16(13)23-17/h3-8,10-11,18,23H,9,22H2,1-2H3,(H,24,26)/t18-/m0/s1. The maximum atomic E-state index is 12.7. The van der Waals surface area contributed by atoms with E-state index in [9.17, 15) is 9.59 Å². The fourth-order valence-electron chi connectivity index (χ4n) is 2.86. The fourth-order valence-corrected chi connectivity index (χ4v) is 3.04. The molecule has 6 nitrogen and oxygen atoms in total. The van der Waals surface area contributed by atoms with Gasteiger partial charge in [-0.15, -0.1) is 0 Å². The molecule has 0 fully saturated rings. The number of aromatic nitrogens is 1. The predicted molar refractivity (Wildman–Crippen MR) is 108 cm³/mol. The van der Waals surface area contributed by atoms with Gasteiger partial charge in [-0.05, 0) is 42.0 Å². The molecule has 2 aromatic carbocycles. The van der Waals surface area contributed by atoms with Crippen LogP contribution in [0.4, 0.5) is 5.69 Å². The monoisotopic (exact) mass is 384 g/mol. The molecule has 0 aliphatic heterocycles. The number of hydrogen-bond acceptors (Lipinski definition) is 3. The number of halogens is 1. The van der Waals surface area contributed by atoms with Gasteiger partial charge in [0.2, 0.25) is 5.91 Å². The molecule has 3 rings (SSSR count). The minimum atomic E-state index is -0.689. The van der Waals surface area contributed by atoms with Crippen LogP contribution in [0.2, 0.25) is 5.02 Å². The highest BCUT2D eigenvalue weighted by atomic mass is 35.5. The van der Waals surface area contributed by atoms with E-state index in [0.29, 0.717) is 22.8 Å². The van der Waals surface area contributed by atoms with E-state index < -0.39 is 6.04 Å². The summed E-state index contributed by atoms with van der Waals surface area (Å²) in [5.41, 5.74) is 8.45. The molecule has 7 heteroatoms. The lowest BCUT2D eigenvalue weighted by atomic mass is 10.0. The number of nitrogen functional groups attached to an aromatic ring is 1. The number of fused-ring (bicyclic) bond motifs is 1. The first-order chi connectivity index (χ1) is 12.8. The summed E-state index contributed by atoms with van der Waals surface area (Å²) in [5, 5.41) is 4.26. The van der Waals surface area contributed by atoms with E-state index in [2.05, 4.69) is 10.3 Å². The second-order valence-electron chi connectivity index (χ2n) is 6.62. The van der Waals surface area contributed by atoms with Crippen LogP contribution in [0, 0.1) is 0 Å². The van der Waals surface area contributed by atoms with Crippen LogP contribution < -0.4 is 11.1 Å². The van der Waals surface area contributed by atoms with Crippen LogP contribution in [-0.2, 0) is 11.2 Å². The van der Waals surface area contributed by atoms with Crippen LogP contribution in [0.5, 0.6) is 0 Å². The topological polar surface area (TPSA) is 91.2 Å². The number of anilines is 1. The second kappa shape index (κ2) is 7.72. The van der Waals surface area contributed by atoms with Gasteiger partial charge in [-0.25, -0.2) is 0 Å². The molecule has 1 heterocycles. The average molecular weight is 385 g/mol. The third kappa shape index (κ3) is 4.41. The molecule has 3 aromatic rings. The number of carbonyl (C=O) groups excluding carboxylic acids is 2. The normalized spacial score (nSPS) is 12.0. The smallest absolute Gasteiger partial charge is 0.268 e. The quantitative estimate of drug-likeness (QED) is 0.591. The number of H-pyrrole nitrogens is 1. The van der Waals surface area contributed by atoms with E-state index in [4.69, 9.17) is 17.3 Å². The first kappa shape index (κ1) is 18.8. The molecule has 0 radical (unpaired) electrons. The predicted octanol–water partition coefficient (Wildman–Crippen LogP) is 2.83. The van der Waals surface area contributed by atoms with Gasteiger partial charge in [0, 0.05) is 42.1 Å². The summed E-state index contributed by atoms with van der Waals surface area (Å²) in [5.74, 6) is -0.530. The van der Waals surface area contributed by atoms with Crippen molar-refractivity contribution >= 4 is 40.0 Å². The third-order valence-electron chi connectivity index (χ3n) is 4.29. The Kier molecular flexibility index (Phi) is 5.37. The molecule has 1 aromatic heterocycles. The molecule has 0 unspecified atom stereocenters. The third-order valence-corrected chi connectivity index (χ3v) is 4.53. The van der Waals surface area contributed by atoms with Crippen molar-refractivity contribution in [2.24, 2.45) is 0 Å². The highest BCUT2D eigenvalue weighted by Crippen LogP contribution is 2.20. The Balaban J connectivity index is 1.82. The molecule has 0 bridgehead atoms. The molecule has 0 aliphatic rings. The van der Waals surface area contributed by atoms with Crippen LogP contribution in [0.25, 0.3) is 10.9 Å². The van der Waals surface area contributed by atoms with Crippen molar-refractivity contribution in [3.05, 3.63) is 64.8 Å². The van der Waals surface area contributed by atoms with Crippen molar-refractivity contribution in [1.82, 2.24) is 15.2 Å². The van der Waals surface area contributed by atoms with Crippen molar-refractivity contribution in [1.29, 1.82) is 0 Å². The van der Waals surface area contributed by atoms with Gasteiger partial charge in [-0.3, -0.25) is 9.59 Å². The van der Waals surface area contributed by atoms with E-state index in [0.717, 1.165) is 16.5 Å². The molecule has 0 saturated heterocycles. The van der Waals surface area contributed by atoms with E-state index >= 15 is 0 Å². The number of nitrogens with two attached hydrogens (primary N) is 1. The minimum absolute atomic E-state index is 0.181. The summed E-state index contributed by atoms with van der Waals surface area (Å²) < 4.78 is 0. The summed E-state index contributed by atoms with van der Waals surface area (Å²) in [6.07, 6.45) is 0.370. The van der Waals surface area contributed by atoms with Crippen molar-refractivity contribution in [3.8, 4) is 0 Å². The zero-order chi connectivity index (χ0) is 19.6. The maximum absolute atomic E-state index is 12.7. The van der Waals surface area contributed by atoms with Gasteiger partial charge in [-0.2, -0.15) is 0 Å². The number of hydrogen-bond donors (Lipinski definition) is 3. The lowest BCUT2D eigenvalue weighted by Crippen LogP contribution is -2.47. The summed E-state index contributed by atoms with van der Waals surface area (Å²) in [6.45, 7) is 0. The van der Waals surface area contributed by atoms with Gasteiger partial charge in [-0.1, -0.05) is 23.7 Å². The highest BCUT2D eigenvalue weighted by Gasteiger charge is 2.24. The largest absolute Gasteiger partial charge is 0.399 e. The van der Waals surface area contributed by atoms with Gasteiger partial charge >= 0.3 is 0 Å². The Hall–Kier alpha value is -2.99. The summed E-state index contributed by atoms with van der Waals surface area (Å²) in [7, 11) is 3.32. The van der Waals surface area contributed by atoms with Crippen molar-refractivity contribution in [3.63, 3.8) is 0 Å². The second-order valence-corrected chi connectivity index (χ2v) is 7.06. The average Bonchev–Trinajstić information content (AvgIpc) is 3.05. The van der Waals surface area contributed by atoms with Crippen LogP contribution in [-0.4, -0.2) is 41.8 Å². The van der Waals surface area contributed by atoms with Gasteiger partial charge in [0.15, 0.2) is 0 Å². The summed E-state index contributed by atoms with van der Waals surface area (Å²) in [6, 6.07) is 13.6. The number of nitrogens with zero attached hydrogens (tertiary/aromatic N) is 1. The molecule has 0 aliphatic carbocycles. The Morgan fingerprint density at radius 1 is 1.15 bits per heavy atom. The van der Waals surface area contributed by atoms with Gasteiger partial charge in [0.25, 0.3) is 5.91 Å². The molecule has 27 heavy (non-hydrogen) atoms. The molecule has 0 spiro atoms. The lowest BCUT2D eigenvalue weighted by molar-refractivity contribution is -0.130. The number of rotatable bonds is 5. The minimum Gasteiger partial charge on any atom is -0.399 e. The van der Waals surface area contributed by atoms with Gasteiger partial charge in [0.1, 0.15) is 11.7 Å². The van der Waals surface area contributed by atoms with Crippen molar-refractivity contribution < 1.29 is 9.59 Å². The van der Waals surface area contributed by atoms with Crippen LogP contribution >= 0.6 is 11.6 Å². The summed E-state index contributed by atoms with van der Waals surface area (Å²) in [4.78, 5) is 29.8. The van der Waals surface area contributed by atoms with E-state index in [1.165, 1.54) is 4.90 Å². The molecule has 2 amide bonds. The Morgan fingerprint density at radius 2 is 1.85 bits per heavy atom. The van der Waals surface area contributed by atoms with Crippen LogP contribution in [0.1, 0.15) is 16.1 Å². The molecule has 1 atom stereocenters. The summed E-state index contributed by atoms with van der Waals surface area (Å²) >= 11 is 6.00. The van der Waals surface area contributed by atoms with Crippen LogP contribution in [0.15, 0.2) is 48.5 Å². The number of carbonyl (C=O) groups is 2. The van der Waals surface area contributed by atoms with E-state index in [1.807, 2.05) is 18.2 Å². The molecule has 0 saturated carbocycles. The first-order valence-electron chi connectivity index (χ1n) is 8.48. The Labute approximate surface area is 162 Å². The molecule has 4 N–H and O–H groups in total. The number of benzene rings is 2. The first-order valence-corrected chi connectivity index (χ1v) is 8.86. The number of aromatic amines is 1. The number of nitrogens with one attached hydrogen (secondary N) is 2. The lowest BCUT2D eigenvalue weighted by Gasteiger charge is -2.21. The Morgan fingerprint density at radius 3 is 2.52 bits per heavy atom. The van der Waals surface area contributed by atoms with Crippen molar-refractivity contribution in [2.45, 2.75) is 12.5 Å². The number of amides is 2. The van der Waals surface area contributed by atoms with Gasteiger partial charge in [0.05, 0.1) is 0 Å². The SMILES string of the molecule is CN(C)C(=O)[C@H](Cc1ccc(N)cc1)NC(=O)c1cc2cc(Cl)ccc2[nH]1. The fraction of sp³-hybridized carbons (Fsp3) is 0.200. The molecular weight excluding hydrogens is 364 g/mol. The zero-order valence-electron chi connectivity index (χ0n) is 15.1. The maximum Gasteiger partial charge on any atom is 0.268 e. The zero-order valence-corrected chi connectivity index (χ0v) is 15.9. The number of likely N-dealkylation sites (N-methyl/N-ethyl adjacent to an activating group) is 1. The van der Waals surface area contributed by atoms with Crippen LogP contribution in [0.3, 0.4) is 0 Å². The van der Waals surface area contributed by atoms with Crippen molar-refractivity contribution in [2.75, 3.05) is 19.8 Å². The van der Waals surface area contributed by atoms with E-state index in [-0.39, 0.29) is 11.8 Å². The van der Waals surface area contributed by atoms with Gasteiger partial charge < -0.3 is 20.9 Å². The molecule has 140 valence electrons.